The van der Waals surface area contributed by atoms with Crippen LogP contribution in [0, 0.1) is 5.92 Å². The number of halogens is 2. The van der Waals surface area contributed by atoms with E-state index in [1.807, 2.05) is 0 Å². The number of alkyl halides is 2. The van der Waals surface area contributed by atoms with Gasteiger partial charge in [-0.25, -0.2) is 4.98 Å². The summed E-state index contributed by atoms with van der Waals surface area (Å²) < 4.78 is 41.1. The largest absolute Gasteiger partial charge is 0.435 e. The minimum atomic E-state index is -2.99. The number of morpholine rings is 1. The van der Waals surface area contributed by atoms with Gasteiger partial charge in [0.25, 0.3) is 11.8 Å². The molecular weight excluding hydrogens is 540 g/mol. The number of amides is 2. The van der Waals surface area contributed by atoms with Crippen LogP contribution in [-0.2, 0) is 20.7 Å². The number of nitrogens with one attached hydrogen (secondary N) is 1. The van der Waals surface area contributed by atoms with Crippen molar-refractivity contribution >= 4 is 28.7 Å². The lowest BCUT2D eigenvalue weighted by Gasteiger charge is -2.31. The predicted octanol–water partition coefficient (Wildman–Crippen LogP) is 3.37. The van der Waals surface area contributed by atoms with Crippen molar-refractivity contribution in [2.45, 2.75) is 51.4 Å². The molecule has 2 N–H and O–H groups in total. The molecule has 3 atom stereocenters. The Balaban J connectivity index is 1.49. The molecule has 2 heterocycles. The van der Waals surface area contributed by atoms with Crippen LogP contribution in [0.25, 0.3) is 11.1 Å². The average Bonchev–Trinajstić information content (AvgIpc) is 3.42. The van der Waals surface area contributed by atoms with Crippen LogP contribution in [-0.4, -0.2) is 77.6 Å². The molecule has 220 valence electrons. The van der Waals surface area contributed by atoms with Gasteiger partial charge >= 0.3 is 6.61 Å². The second-order valence-electron chi connectivity index (χ2n) is 9.69. The highest BCUT2D eigenvalue weighted by atomic mass is 19.3. The predicted molar refractivity (Wildman–Crippen MR) is 143 cm³/mol. The number of nitrogens with zero attached hydrogens (tertiary/aromatic N) is 2. The Labute approximate surface area is 235 Å². The minimum absolute atomic E-state index is 0.0171. The summed E-state index contributed by atoms with van der Waals surface area (Å²) in [6, 6.07) is 12.2. The first-order valence-electron chi connectivity index (χ1n) is 13.6. The topological polar surface area (TPSA) is 131 Å². The van der Waals surface area contributed by atoms with Crippen molar-refractivity contribution in [3.05, 3.63) is 60.0 Å². The van der Waals surface area contributed by atoms with E-state index >= 15 is 0 Å². The normalized spacial score (nSPS) is 15.9. The van der Waals surface area contributed by atoms with Crippen LogP contribution in [0.5, 0.6) is 5.75 Å². The van der Waals surface area contributed by atoms with Crippen LogP contribution in [0.3, 0.4) is 0 Å². The average molecular weight is 574 g/mol. The van der Waals surface area contributed by atoms with E-state index in [0.29, 0.717) is 29.9 Å². The molecule has 2 aromatic carbocycles. The number of Topliss-reactive ketones (excluding diaryl/α,β-unsaturated/α-hetero) is 1. The van der Waals surface area contributed by atoms with E-state index < -0.39 is 42.3 Å². The number of fused-ring (bicyclic) bond motifs is 1. The molecule has 1 unspecified atom stereocenters. The van der Waals surface area contributed by atoms with Crippen LogP contribution in [0.15, 0.2) is 52.9 Å². The zero-order chi connectivity index (χ0) is 29.4. The molecule has 1 aromatic heterocycles. The highest BCUT2D eigenvalue weighted by Crippen LogP contribution is 2.25. The van der Waals surface area contributed by atoms with Gasteiger partial charge in [-0.3, -0.25) is 14.4 Å². The van der Waals surface area contributed by atoms with E-state index in [4.69, 9.17) is 9.15 Å². The number of aromatic nitrogens is 1. The minimum Gasteiger partial charge on any atom is -0.435 e. The van der Waals surface area contributed by atoms with E-state index in [1.165, 1.54) is 11.0 Å². The molecule has 1 fully saturated rings. The molecule has 0 aliphatic carbocycles. The van der Waals surface area contributed by atoms with Gasteiger partial charge in [-0.2, -0.15) is 8.78 Å². The number of aryl methyl sites for hydroxylation is 1. The lowest BCUT2D eigenvalue weighted by molar-refractivity contribution is -0.151. The van der Waals surface area contributed by atoms with E-state index in [-0.39, 0.29) is 50.4 Å². The van der Waals surface area contributed by atoms with E-state index in [0.717, 1.165) is 0 Å². The van der Waals surface area contributed by atoms with Crippen LogP contribution in [0.2, 0.25) is 0 Å². The van der Waals surface area contributed by atoms with Crippen LogP contribution in [0.4, 0.5) is 8.78 Å². The maximum atomic E-state index is 13.5. The number of carbonyl (C=O) groups excluding carboxylic acids is 3. The van der Waals surface area contributed by atoms with Gasteiger partial charge in [0.15, 0.2) is 5.58 Å². The van der Waals surface area contributed by atoms with Gasteiger partial charge in [0.2, 0.25) is 11.7 Å². The zero-order valence-electron chi connectivity index (χ0n) is 22.6. The first kappa shape index (κ1) is 30.1. The second-order valence-corrected chi connectivity index (χ2v) is 9.69. The molecule has 2 amide bonds. The summed E-state index contributed by atoms with van der Waals surface area (Å²) in [6.07, 6.45) is -0.908. The van der Waals surface area contributed by atoms with Crippen molar-refractivity contribution < 1.29 is 42.2 Å². The van der Waals surface area contributed by atoms with Gasteiger partial charge in [-0.1, -0.05) is 37.3 Å². The number of aliphatic hydroxyl groups is 1. The number of hydrogen-bond acceptors (Lipinski definition) is 8. The maximum absolute atomic E-state index is 13.5. The van der Waals surface area contributed by atoms with Gasteiger partial charge in [0.05, 0.1) is 25.2 Å². The number of ether oxygens (including phenoxy) is 2. The Kier molecular flexibility index (Phi) is 10.4. The third-order valence-electron chi connectivity index (χ3n) is 6.99. The monoisotopic (exact) mass is 573 g/mol. The molecule has 0 spiro atoms. The van der Waals surface area contributed by atoms with Crippen molar-refractivity contribution in [3.8, 4) is 5.75 Å². The summed E-state index contributed by atoms with van der Waals surface area (Å²) in [7, 11) is 0. The number of rotatable bonds is 13. The first-order valence-corrected chi connectivity index (χ1v) is 13.6. The molecule has 41 heavy (non-hydrogen) atoms. The lowest BCUT2D eigenvalue weighted by Crippen LogP contribution is -2.52. The van der Waals surface area contributed by atoms with Crippen LogP contribution in [0.1, 0.15) is 42.4 Å². The number of para-hydroxylation sites is 3. The molecule has 10 nitrogen and oxygen atoms in total. The zero-order valence-corrected chi connectivity index (χ0v) is 22.6. The second kappa shape index (κ2) is 14.1. The Bertz CT molecular complexity index is 1310. The molecule has 1 aliphatic rings. The van der Waals surface area contributed by atoms with Crippen molar-refractivity contribution in [1.82, 2.24) is 15.2 Å². The molecular formula is C29H33F2N3O7. The van der Waals surface area contributed by atoms with Gasteiger partial charge in [-0.15, -0.1) is 0 Å². The third-order valence-corrected chi connectivity index (χ3v) is 6.99. The first-order chi connectivity index (χ1) is 19.8. The number of aliphatic hydroxyl groups excluding tert-OH is 1. The molecule has 0 saturated carbocycles. The standard InChI is InChI=1S/C29H33F2N3O7/c1-2-20(25(36)27-33-21-11-4-6-13-23(21)40-27)32-26(37)19(24(35)28(38)34-14-16-39-17-15-34)10-7-9-18-8-3-5-12-22(18)41-29(30)31/h3-6,8,11-13,19-20,24,29,35H,2,7,9-10,14-17H2,1H3,(H,32,37)/t19-,20?,24+/m1/s1. The lowest BCUT2D eigenvalue weighted by atomic mass is 9.91. The van der Waals surface area contributed by atoms with Crippen molar-refractivity contribution in [3.63, 3.8) is 0 Å². The van der Waals surface area contributed by atoms with Crippen molar-refractivity contribution in [2.24, 2.45) is 5.92 Å². The van der Waals surface area contributed by atoms with Gasteiger partial charge < -0.3 is 29.2 Å². The van der Waals surface area contributed by atoms with Gasteiger partial charge in [0.1, 0.15) is 17.4 Å². The molecule has 0 bridgehead atoms. The summed E-state index contributed by atoms with van der Waals surface area (Å²) in [6.45, 7) is -0.115. The Hall–Kier alpha value is -3.90. The van der Waals surface area contributed by atoms with E-state index in [1.54, 1.807) is 49.4 Å². The Morgan fingerprint density at radius 1 is 1.10 bits per heavy atom. The molecule has 0 radical (unpaired) electrons. The number of carbonyl (C=O) groups is 3. The highest BCUT2D eigenvalue weighted by Gasteiger charge is 2.37. The summed E-state index contributed by atoms with van der Waals surface area (Å²) in [5.74, 6) is -3.19. The fourth-order valence-electron chi connectivity index (χ4n) is 4.77. The van der Waals surface area contributed by atoms with Crippen molar-refractivity contribution in [2.75, 3.05) is 26.3 Å². The number of ketones is 1. The number of benzene rings is 2. The summed E-state index contributed by atoms with van der Waals surface area (Å²) >= 11 is 0. The number of oxazole rings is 1. The molecule has 1 aliphatic heterocycles. The summed E-state index contributed by atoms with van der Waals surface area (Å²) in [5, 5.41) is 13.7. The van der Waals surface area contributed by atoms with E-state index in [2.05, 4.69) is 15.0 Å². The number of hydrogen-bond donors (Lipinski definition) is 2. The summed E-state index contributed by atoms with van der Waals surface area (Å²) in [5.41, 5.74) is 1.42. The fourth-order valence-corrected chi connectivity index (χ4v) is 4.77. The summed E-state index contributed by atoms with van der Waals surface area (Å²) in [4.78, 5) is 45.4. The SMILES string of the molecule is CCC(NC(=O)[C@H](CCCc1ccccc1OC(F)F)[C@H](O)C(=O)N1CCOCC1)C(=O)c1nc2ccccc2o1. The smallest absolute Gasteiger partial charge is 0.387 e. The van der Waals surface area contributed by atoms with Crippen LogP contribution >= 0.6 is 0 Å². The molecule has 4 rings (SSSR count). The maximum Gasteiger partial charge on any atom is 0.387 e. The Morgan fingerprint density at radius 2 is 1.80 bits per heavy atom. The highest BCUT2D eigenvalue weighted by molar-refractivity contribution is 6.00. The quantitative estimate of drug-likeness (QED) is 0.298. The fraction of sp³-hybridized carbons (Fsp3) is 0.448. The van der Waals surface area contributed by atoms with E-state index in [9.17, 15) is 28.3 Å². The van der Waals surface area contributed by atoms with Crippen LogP contribution < -0.4 is 10.1 Å². The molecule has 1 saturated heterocycles. The molecule has 3 aromatic rings. The van der Waals surface area contributed by atoms with Gasteiger partial charge in [0, 0.05) is 13.1 Å². The van der Waals surface area contributed by atoms with Crippen molar-refractivity contribution in [1.29, 1.82) is 0 Å². The third kappa shape index (κ3) is 7.65. The Morgan fingerprint density at radius 3 is 2.51 bits per heavy atom. The molecule has 12 heteroatoms. The van der Waals surface area contributed by atoms with Gasteiger partial charge in [-0.05, 0) is 49.4 Å².